The Morgan fingerprint density at radius 1 is 1.27 bits per heavy atom. The van der Waals surface area contributed by atoms with Gasteiger partial charge >= 0.3 is 0 Å². The maximum Gasteiger partial charge on any atom is 0.251 e. The fourth-order valence-corrected chi connectivity index (χ4v) is 2.57. The van der Waals surface area contributed by atoms with Crippen molar-refractivity contribution in [1.82, 2.24) is 20.8 Å². The van der Waals surface area contributed by atoms with Crippen molar-refractivity contribution in [2.24, 2.45) is 0 Å². The molecule has 2 aromatic rings. The second kappa shape index (κ2) is 6.43. The SMILES string of the molecule is O=C(NC1CCCCNC1=O)c1cccc(-c2cn[nH]c2)c1. The predicted octanol–water partition coefficient (Wildman–Crippen LogP) is 1.48. The first-order valence-corrected chi connectivity index (χ1v) is 7.42. The monoisotopic (exact) mass is 298 g/mol. The number of amides is 2. The van der Waals surface area contributed by atoms with Crippen LogP contribution in [0.15, 0.2) is 36.7 Å². The Morgan fingerprint density at radius 3 is 3.00 bits per heavy atom. The number of hydrogen-bond acceptors (Lipinski definition) is 3. The number of rotatable bonds is 3. The molecular formula is C16H18N4O2. The zero-order valence-electron chi connectivity index (χ0n) is 12.1. The van der Waals surface area contributed by atoms with Crippen molar-refractivity contribution in [3.63, 3.8) is 0 Å². The van der Waals surface area contributed by atoms with Gasteiger partial charge in [0.2, 0.25) is 5.91 Å². The summed E-state index contributed by atoms with van der Waals surface area (Å²) in [6.07, 6.45) is 6.04. The molecule has 3 rings (SSSR count). The van der Waals surface area contributed by atoms with Crippen LogP contribution < -0.4 is 10.6 Å². The number of nitrogens with one attached hydrogen (secondary N) is 3. The Morgan fingerprint density at radius 2 is 2.18 bits per heavy atom. The van der Waals surface area contributed by atoms with E-state index in [4.69, 9.17) is 0 Å². The van der Waals surface area contributed by atoms with Crippen LogP contribution in [0.1, 0.15) is 29.6 Å². The normalized spacial score (nSPS) is 18.4. The predicted molar refractivity (Wildman–Crippen MR) is 82.1 cm³/mol. The van der Waals surface area contributed by atoms with Gasteiger partial charge in [-0.05, 0) is 37.0 Å². The van der Waals surface area contributed by atoms with Crippen molar-refractivity contribution in [3.8, 4) is 11.1 Å². The molecule has 0 aliphatic carbocycles. The van der Waals surface area contributed by atoms with E-state index < -0.39 is 6.04 Å². The molecule has 1 unspecified atom stereocenters. The number of benzene rings is 1. The Hall–Kier alpha value is -2.63. The highest BCUT2D eigenvalue weighted by molar-refractivity contribution is 5.98. The van der Waals surface area contributed by atoms with Crippen LogP contribution in [0.2, 0.25) is 0 Å². The minimum absolute atomic E-state index is 0.100. The molecule has 6 heteroatoms. The van der Waals surface area contributed by atoms with Gasteiger partial charge in [0.05, 0.1) is 6.20 Å². The highest BCUT2D eigenvalue weighted by Crippen LogP contribution is 2.19. The molecule has 1 atom stereocenters. The number of carbonyl (C=O) groups is 2. The number of nitrogens with zero attached hydrogens (tertiary/aromatic N) is 1. The molecular weight excluding hydrogens is 280 g/mol. The van der Waals surface area contributed by atoms with Crippen LogP contribution in [0.5, 0.6) is 0 Å². The Balaban J connectivity index is 1.74. The van der Waals surface area contributed by atoms with Crippen molar-refractivity contribution in [2.45, 2.75) is 25.3 Å². The lowest BCUT2D eigenvalue weighted by molar-refractivity contribution is -0.122. The number of H-pyrrole nitrogens is 1. The molecule has 0 bridgehead atoms. The van der Waals surface area contributed by atoms with Gasteiger partial charge in [-0.1, -0.05) is 12.1 Å². The summed E-state index contributed by atoms with van der Waals surface area (Å²) in [6, 6.07) is 6.83. The van der Waals surface area contributed by atoms with Gasteiger partial charge in [-0.3, -0.25) is 14.7 Å². The molecule has 2 heterocycles. The van der Waals surface area contributed by atoms with Crippen LogP contribution in [0.25, 0.3) is 11.1 Å². The molecule has 1 fully saturated rings. The van der Waals surface area contributed by atoms with E-state index in [1.807, 2.05) is 12.1 Å². The van der Waals surface area contributed by atoms with Crippen LogP contribution in [0.3, 0.4) is 0 Å². The zero-order chi connectivity index (χ0) is 15.4. The summed E-state index contributed by atoms with van der Waals surface area (Å²) in [5.74, 6) is -0.329. The van der Waals surface area contributed by atoms with Crippen LogP contribution in [0.4, 0.5) is 0 Å². The fourth-order valence-electron chi connectivity index (χ4n) is 2.57. The van der Waals surface area contributed by atoms with E-state index in [1.165, 1.54) is 0 Å². The standard InChI is InChI=1S/C16H18N4O2/c21-15(20-14-6-1-2-7-17-16(14)22)12-5-3-4-11(8-12)13-9-18-19-10-13/h3-5,8-10,14H,1-2,6-7H2,(H,17,22)(H,18,19)(H,20,21). The summed E-state index contributed by atoms with van der Waals surface area (Å²) in [5.41, 5.74) is 2.37. The van der Waals surface area contributed by atoms with E-state index in [9.17, 15) is 9.59 Å². The maximum atomic E-state index is 12.4. The Kier molecular flexibility index (Phi) is 4.18. The van der Waals surface area contributed by atoms with Gasteiger partial charge in [0.15, 0.2) is 0 Å². The minimum Gasteiger partial charge on any atom is -0.354 e. The second-order valence-electron chi connectivity index (χ2n) is 5.38. The molecule has 22 heavy (non-hydrogen) atoms. The summed E-state index contributed by atoms with van der Waals surface area (Å²) in [6.45, 7) is 0.682. The molecule has 0 saturated carbocycles. The summed E-state index contributed by atoms with van der Waals surface area (Å²) < 4.78 is 0. The molecule has 2 amide bonds. The van der Waals surface area contributed by atoms with E-state index in [-0.39, 0.29) is 11.8 Å². The lowest BCUT2D eigenvalue weighted by atomic mass is 10.0. The number of aromatic amines is 1. The van der Waals surface area contributed by atoms with E-state index >= 15 is 0 Å². The molecule has 1 aromatic heterocycles. The van der Waals surface area contributed by atoms with Gasteiger partial charge in [0.25, 0.3) is 5.91 Å². The lowest BCUT2D eigenvalue weighted by Crippen LogP contribution is -2.45. The van der Waals surface area contributed by atoms with E-state index in [1.54, 1.807) is 24.5 Å². The van der Waals surface area contributed by atoms with Crippen LogP contribution in [0, 0.1) is 0 Å². The molecule has 1 saturated heterocycles. The summed E-state index contributed by atoms with van der Waals surface area (Å²) in [7, 11) is 0. The molecule has 114 valence electrons. The highest BCUT2D eigenvalue weighted by Gasteiger charge is 2.22. The van der Waals surface area contributed by atoms with Crippen molar-refractivity contribution in [2.75, 3.05) is 6.54 Å². The van der Waals surface area contributed by atoms with Gasteiger partial charge in [0, 0.05) is 23.9 Å². The lowest BCUT2D eigenvalue weighted by Gasteiger charge is -2.15. The first kappa shape index (κ1) is 14.3. The largest absolute Gasteiger partial charge is 0.354 e. The second-order valence-corrected chi connectivity index (χ2v) is 5.38. The molecule has 3 N–H and O–H groups in total. The van der Waals surface area contributed by atoms with Gasteiger partial charge < -0.3 is 10.6 Å². The van der Waals surface area contributed by atoms with E-state index in [0.717, 1.165) is 24.0 Å². The number of hydrogen-bond donors (Lipinski definition) is 3. The molecule has 0 radical (unpaired) electrons. The van der Waals surface area contributed by atoms with Crippen molar-refractivity contribution in [1.29, 1.82) is 0 Å². The summed E-state index contributed by atoms with van der Waals surface area (Å²) in [4.78, 5) is 24.3. The average Bonchev–Trinajstić information content (AvgIpc) is 3.00. The number of aromatic nitrogens is 2. The van der Waals surface area contributed by atoms with Crippen LogP contribution in [-0.4, -0.2) is 34.6 Å². The topological polar surface area (TPSA) is 86.9 Å². The van der Waals surface area contributed by atoms with Crippen molar-refractivity contribution >= 4 is 11.8 Å². The third-order valence-corrected chi connectivity index (χ3v) is 3.80. The first-order chi connectivity index (χ1) is 10.7. The zero-order valence-corrected chi connectivity index (χ0v) is 12.1. The van der Waals surface area contributed by atoms with Crippen molar-refractivity contribution in [3.05, 3.63) is 42.2 Å². The van der Waals surface area contributed by atoms with Crippen LogP contribution >= 0.6 is 0 Å². The van der Waals surface area contributed by atoms with E-state index in [0.29, 0.717) is 18.5 Å². The van der Waals surface area contributed by atoms with Crippen LogP contribution in [-0.2, 0) is 4.79 Å². The molecule has 0 spiro atoms. The molecule has 1 aliphatic heterocycles. The summed E-state index contributed by atoms with van der Waals surface area (Å²) in [5, 5.41) is 12.3. The smallest absolute Gasteiger partial charge is 0.251 e. The van der Waals surface area contributed by atoms with Gasteiger partial charge in [-0.25, -0.2) is 0 Å². The highest BCUT2D eigenvalue weighted by atomic mass is 16.2. The van der Waals surface area contributed by atoms with Crippen molar-refractivity contribution < 1.29 is 9.59 Å². The molecule has 1 aliphatic rings. The Labute approximate surface area is 128 Å². The summed E-state index contributed by atoms with van der Waals surface area (Å²) >= 11 is 0. The molecule has 1 aromatic carbocycles. The average molecular weight is 298 g/mol. The fraction of sp³-hybridized carbons (Fsp3) is 0.312. The minimum atomic E-state index is -0.451. The third kappa shape index (κ3) is 3.16. The van der Waals surface area contributed by atoms with Gasteiger partial charge in [0.1, 0.15) is 6.04 Å². The molecule has 6 nitrogen and oxygen atoms in total. The van der Waals surface area contributed by atoms with Gasteiger partial charge in [-0.2, -0.15) is 5.10 Å². The number of carbonyl (C=O) groups excluding carboxylic acids is 2. The quantitative estimate of drug-likeness (QED) is 0.802. The Bertz CT molecular complexity index is 667. The third-order valence-electron chi connectivity index (χ3n) is 3.80. The van der Waals surface area contributed by atoms with E-state index in [2.05, 4.69) is 20.8 Å². The first-order valence-electron chi connectivity index (χ1n) is 7.42. The maximum absolute atomic E-state index is 12.4. The van der Waals surface area contributed by atoms with Gasteiger partial charge in [-0.15, -0.1) is 0 Å².